The molecule has 0 aliphatic rings. The molecule has 4 rings (SSSR count). The van der Waals surface area contributed by atoms with E-state index in [0.29, 0.717) is 19.8 Å². The van der Waals surface area contributed by atoms with Crippen LogP contribution >= 0.6 is 15.8 Å². The molecule has 0 N–H and O–H groups in total. The van der Waals surface area contributed by atoms with Crippen molar-refractivity contribution in [2.24, 2.45) is 0 Å². The smallest absolute Gasteiger partial charge is 0.127 e. The van der Waals surface area contributed by atoms with Gasteiger partial charge in [0.1, 0.15) is 17.2 Å². The van der Waals surface area contributed by atoms with Crippen LogP contribution in [0.3, 0.4) is 0 Å². The number of hydrogen-bond acceptors (Lipinski definition) is 3. The average molecular weight is 587 g/mol. The zero-order valence-corrected chi connectivity index (χ0v) is 26.8. The van der Waals surface area contributed by atoms with Crippen LogP contribution in [0, 0.1) is 0 Å². The maximum absolute atomic E-state index is 6.18. The van der Waals surface area contributed by atoms with E-state index in [2.05, 4.69) is 125 Å². The molecule has 0 fully saturated rings. The molecule has 0 bridgehead atoms. The average Bonchev–Trinajstić information content (AvgIpc) is 3.00. The number of hydrogen-bond donors (Lipinski definition) is 0. The summed E-state index contributed by atoms with van der Waals surface area (Å²) in [5, 5.41) is 5.43. The minimum absolute atomic E-state index is 0.590. The van der Waals surface area contributed by atoms with E-state index < -0.39 is 15.8 Å². The quantitative estimate of drug-likeness (QED) is 0.126. The first-order chi connectivity index (χ1) is 20.2. The number of rotatable bonds is 16. The lowest BCUT2D eigenvalue weighted by Gasteiger charge is -2.26. The second kappa shape index (κ2) is 16.5. The van der Waals surface area contributed by atoms with Gasteiger partial charge in [-0.3, -0.25) is 0 Å². The van der Waals surface area contributed by atoms with Crippen molar-refractivity contribution in [1.29, 1.82) is 0 Å². The van der Waals surface area contributed by atoms with Gasteiger partial charge in [-0.25, -0.2) is 0 Å². The van der Waals surface area contributed by atoms with E-state index in [-0.39, 0.29) is 0 Å². The number of ether oxygens (including phenoxy) is 3. The van der Waals surface area contributed by atoms with Gasteiger partial charge in [0.2, 0.25) is 0 Å². The molecule has 4 aromatic carbocycles. The van der Waals surface area contributed by atoms with E-state index in [4.69, 9.17) is 14.2 Å². The standard InChI is InChI=1S/C36H44O3P2/c1-5-18-29-19-9-13-23-33(29)40(34-24-14-10-20-30(34)37-6-2)27-17-28-41(35-25-15-11-21-31(35)38-7-3)36-26-16-12-22-32(36)39-8-4/h9-16,19-26H,5-8,17-18,27-28H2,1-4H3. The van der Waals surface area contributed by atoms with Crippen molar-refractivity contribution in [2.45, 2.75) is 47.0 Å². The van der Waals surface area contributed by atoms with Gasteiger partial charge in [0.25, 0.3) is 0 Å². The molecule has 0 radical (unpaired) electrons. The SMILES string of the molecule is CCCc1ccccc1P(CCCP(c1ccccc1OCC)c1ccccc1OCC)c1ccccc1OCC. The van der Waals surface area contributed by atoms with Crippen molar-refractivity contribution in [1.82, 2.24) is 0 Å². The van der Waals surface area contributed by atoms with Gasteiger partial charge in [0, 0.05) is 15.9 Å². The molecular weight excluding hydrogens is 542 g/mol. The normalized spacial score (nSPS) is 11.8. The third-order valence-electron chi connectivity index (χ3n) is 6.93. The zero-order chi connectivity index (χ0) is 28.9. The van der Waals surface area contributed by atoms with Gasteiger partial charge < -0.3 is 14.2 Å². The van der Waals surface area contributed by atoms with E-state index in [1.165, 1.54) is 26.8 Å². The van der Waals surface area contributed by atoms with Crippen LogP contribution in [0.25, 0.3) is 0 Å². The fourth-order valence-electron chi connectivity index (χ4n) is 5.26. The summed E-state index contributed by atoms with van der Waals surface area (Å²) in [6.07, 6.45) is 5.50. The zero-order valence-electron chi connectivity index (χ0n) is 25.0. The lowest BCUT2D eigenvalue weighted by Crippen LogP contribution is -2.22. The van der Waals surface area contributed by atoms with Crippen LogP contribution < -0.4 is 35.4 Å². The van der Waals surface area contributed by atoms with Gasteiger partial charge in [-0.15, -0.1) is 0 Å². The molecule has 5 heteroatoms. The molecule has 0 aromatic heterocycles. The van der Waals surface area contributed by atoms with E-state index >= 15 is 0 Å². The Morgan fingerprint density at radius 1 is 0.463 bits per heavy atom. The molecule has 0 saturated heterocycles. The second-order valence-electron chi connectivity index (χ2n) is 9.74. The van der Waals surface area contributed by atoms with Gasteiger partial charge in [0.05, 0.1) is 19.8 Å². The predicted molar refractivity (Wildman–Crippen MR) is 180 cm³/mol. The minimum atomic E-state index is -0.684. The Labute approximate surface area is 249 Å². The van der Waals surface area contributed by atoms with Crippen molar-refractivity contribution in [3.8, 4) is 17.2 Å². The van der Waals surface area contributed by atoms with Crippen LogP contribution in [-0.4, -0.2) is 32.1 Å². The molecule has 4 aromatic rings. The van der Waals surface area contributed by atoms with Crippen LogP contribution in [0.5, 0.6) is 17.2 Å². The van der Waals surface area contributed by atoms with Crippen molar-refractivity contribution in [3.63, 3.8) is 0 Å². The number of benzene rings is 4. The summed E-state index contributed by atoms with van der Waals surface area (Å²) in [7, 11) is -1.27. The second-order valence-corrected chi connectivity index (χ2v) is 14.3. The van der Waals surface area contributed by atoms with Crippen LogP contribution in [0.15, 0.2) is 97.1 Å². The molecule has 0 heterocycles. The Morgan fingerprint density at radius 3 is 1.24 bits per heavy atom. The highest BCUT2D eigenvalue weighted by atomic mass is 31.1. The molecule has 3 nitrogen and oxygen atoms in total. The summed E-state index contributed by atoms with van der Waals surface area (Å²) in [4.78, 5) is 0. The van der Waals surface area contributed by atoms with Crippen molar-refractivity contribution in [2.75, 3.05) is 32.1 Å². The van der Waals surface area contributed by atoms with Crippen LogP contribution in [-0.2, 0) is 6.42 Å². The van der Waals surface area contributed by atoms with E-state index in [1.54, 1.807) is 0 Å². The van der Waals surface area contributed by atoms with Crippen LogP contribution in [0.1, 0.15) is 46.1 Å². The summed E-state index contributed by atoms with van der Waals surface area (Å²) in [6, 6.07) is 34.9. The Bertz CT molecular complexity index is 1150. The Kier molecular flexibility index (Phi) is 12.5. The number of aryl methyl sites for hydroxylation is 1. The van der Waals surface area contributed by atoms with Crippen molar-refractivity contribution in [3.05, 3.63) is 103 Å². The summed E-state index contributed by atoms with van der Waals surface area (Å²) in [5.74, 6) is 3.01. The monoisotopic (exact) mass is 586 g/mol. The maximum atomic E-state index is 6.18. The first-order valence-electron chi connectivity index (χ1n) is 15.0. The van der Waals surface area contributed by atoms with Gasteiger partial charge in [0.15, 0.2) is 0 Å². The summed E-state index contributed by atoms with van der Waals surface area (Å²) in [5.41, 5.74) is 1.47. The van der Waals surface area contributed by atoms with Crippen molar-refractivity contribution < 1.29 is 14.2 Å². The molecule has 0 aliphatic carbocycles. The lowest BCUT2D eigenvalue weighted by atomic mass is 10.1. The first-order valence-corrected chi connectivity index (χ1v) is 18.1. The van der Waals surface area contributed by atoms with E-state index in [1.807, 2.05) is 0 Å². The lowest BCUT2D eigenvalue weighted by molar-refractivity contribution is 0.342. The van der Waals surface area contributed by atoms with Gasteiger partial charge in [-0.2, -0.15) is 0 Å². The molecule has 216 valence electrons. The molecule has 0 spiro atoms. The predicted octanol–water partition coefficient (Wildman–Crippen LogP) is 7.79. The maximum Gasteiger partial charge on any atom is 0.127 e. The van der Waals surface area contributed by atoms with Gasteiger partial charge in [-0.05, 0) is 90.8 Å². The fraction of sp³-hybridized carbons (Fsp3) is 0.333. The largest absolute Gasteiger partial charge is 0.493 e. The summed E-state index contributed by atoms with van der Waals surface area (Å²) in [6.45, 7) is 10.4. The van der Waals surface area contributed by atoms with Crippen LogP contribution in [0.4, 0.5) is 0 Å². The molecular formula is C36H44O3P2. The third kappa shape index (κ3) is 8.12. The highest BCUT2D eigenvalue weighted by Gasteiger charge is 2.24. The number of para-hydroxylation sites is 3. The Hall–Kier alpha value is -2.86. The van der Waals surface area contributed by atoms with E-state index in [0.717, 1.165) is 48.8 Å². The third-order valence-corrected chi connectivity index (χ3v) is 12.3. The topological polar surface area (TPSA) is 27.7 Å². The van der Waals surface area contributed by atoms with Crippen molar-refractivity contribution >= 4 is 37.1 Å². The molecule has 1 atom stereocenters. The molecule has 1 unspecified atom stereocenters. The highest BCUT2D eigenvalue weighted by molar-refractivity contribution is 7.74. The van der Waals surface area contributed by atoms with E-state index in [9.17, 15) is 0 Å². The summed E-state index contributed by atoms with van der Waals surface area (Å²) >= 11 is 0. The fourth-order valence-corrected chi connectivity index (χ4v) is 10.7. The molecule has 41 heavy (non-hydrogen) atoms. The Morgan fingerprint density at radius 2 is 0.829 bits per heavy atom. The first kappa shape index (κ1) is 31.1. The molecule has 0 saturated carbocycles. The molecule has 0 amide bonds. The minimum Gasteiger partial charge on any atom is -0.493 e. The highest BCUT2D eigenvalue weighted by Crippen LogP contribution is 2.44. The summed E-state index contributed by atoms with van der Waals surface area (Å²) < 4.78 is 18.5. The Balaban J connectivity index is 1.72. The van der Waals surface area contributed by atoms with Crippen LogP contribution in [0.2, 0.25) is 0 Å². The van der Waals surface area contributed by atoms with Gasteiger partial charge in [-0.1, -0.05) is 92.2 Å². The molecule has 0 aliphatic heterocycles. The van der Waals surface area contributed by atoms with Gasteiger partial charge >= 0.3 is 0 Å².